The van der Waals surface area contributed by atoms with Crippen LogP contribution in [0.3, 0.4) is 0 Å². The molecule has 2 heteroatoms. The Bertz CT molecular complexity index is 199. The van der Waals surface area contributed by atoms with E-state index in [4.69, 9.17) is 5.73 Å². The highest BCUT2D eigenvalue weighted by Crippen LogP contribution is 2.27. The van der Waals surface area contributed by atoms with E-state index in [9.17, 15) is 0 Å². The van der Waals surface area contributed by atoms with Crippen LogP contribution >= 0.6 is 0 Å². The van der Waals surface area contributed by atoms with Crippen molar-refractivity contribution < 1.29 is 0 Å². The first-order chi connectivity index (χ1) is 7.95. The molecule has 1 rings (SSSR count). The molecule has 0 aromatic carbocycles. The number of hydrogen-bond donors (Lipinski definition) is 1. The predicted molar refractivity (Wildman–Crippen MR) is 76.2 cm³/mol. The van der Waals surface area contributed by atoms with E-state index >= 15 is 0 Å². The molecule has 2 nitrogen and oxygen atoms in total. The Morgan fingerprint density at radius 1 is 1.24 bits per heavy atom. The van der Waals surface area contributed by atoms with Crippen LogP contribution in [0, 0.1) is 5.92 Å². The summed E-state index contributed by atoms with van der Waals surface area (Å²) < 4.78 is 0. The Morgan fingerprint density at radius 2 is 1.82 bits per heavy atom. The van der Waals surface area contributed by atoms with E-state index in [1.807, 2.05) is 0 Å². The van der Waals surface area contributed by atoms with E-state index in [0.29, 0.717) is 5.92 Å². The molecule has 0 bridgehead atoms. The van der Waals surface area contributed by atoms with E-state index in [2.05, 4.69) is 32.6 Å². The average Bonchev–Trinajstić information content (AvgIpc) is 2.28. The van der Waals surface area contributed by atoms with Crippen molar-refractivity contribution in [3.63, 3.8) is 0 Å². The number of piperidine rings is 1. The molecule has 1 aliphatic heterocycles. The molecule has 0 saturated carbocycles. The van der Waals surface area contributed by atoms with Crippen molar-refractivity contribution in [1.82, 2.24) is 4.90 Å². The van der Waals surface area contributed by atoms with E-state index in [1.54, 1.807) is 0 Å². The maximum Gasteiger partial charge on any atom is 0.0126 e. The number of unbranched alkanes of at least 4 members (excludes halogenated alkanes) is 2. The van der Waals surface area contributed by atoms with Crippen molar-refractivity contribution in [3.8, 4) is 0 Å². The zero-order valence-electron chi connectivity index (χ0n) is 12.3. The minimum atomic E-state index is 0.0114. The monoisotopic (exact) mass is 240 g/mol. The smallest absolute Gasteiger partial charge is 0.0126 e. The lowest BCUT2D eigenvalue weighted by Crippen LogP contribution is -2.48. The lowest BCUT2D eigenvalue weighted by atomic mass is 9.81. The Balaban J connectivity index is 2.26. The van der Waals surface area contributed by atoms with Gasteiger partial charge in [-0.2, -0.15) is 0 Å². The summed E-state index contributed by atoms with van der Waals surface area (Å²) in [7, 11) is 0. The van der Waals surface area contributed by atoms with Crippen LogP contribution in [0.5, 0.6) is 0 Å². The van der Waals surface area contributed by atoms with E-state index in [-0.39, 0.29) is 5.54 Å². The van der Waals surface area contributed by atoms with Gasteiger partial charge in [0, 0.05) is 11.6 Å². The van der Waals surface area contributed by atoms with Gasteiger partial charge in [-0.25, -0.2) is 0 Å². The van der Waals surface area contributed by atoms with Crippen LogP contribution in [0.1, 0.15) is 66.2 Å². The van der Waals surface area contributed by atoms with Gasteiger partial charge in [0.05, 0.1) is 0 Å². The van der Waals surface area contributed by atoms with E-state index in [1.165, 1.54) is 51.6 Å². The van der Waals surface area contributed by atoms with Gasteiger partial charge in [-0.1, -0.05) is 26.2 Å². The second-order valence-corrected chi connectivity index (χ2v) is 6.48. The first-order valence-electron chi connectivity index (χ1n) is 7.48. The largest absolute Gasteiger partial charge is 0.325 e. The summed E-state index contributed by atoms with van der Waals surface area (Å²) in [6, 6.07) is 0.767. The summed E-state index contributed by atoms with van der Waals surface area (Å²) in [6.07, 6.45) is 8.03. The summed E-state index contributed by atoms with van der Waals surface area (Å²) in [4.78, 5) is 2.66. The number of hydrogen-bond acceptors (Lipinski definition) is 2. The maximum absolute atomic E-state index is 6.21. The first kappa shape index (κ1) is 15.0. The van der Waals surface area contributed by atoms with Crippen LogP contribution in [0.25, 0.3) is 0 Å². The highest BCUT2D eigenvalue weighted by Gasteiger charge is 2.30. The zero-order valence-corrected chi connectivity index (χ0v) is 12.3. The third-order valence-corrected chi connectivity index (χ3v) is 4.43. The van der Waals surface area contributed by atoms with Crippen LogP contribution in [-0.2, 0) is 0 Å². The molecular weight excluding hydrogens is 208 g/mol. The topological polar surface area (TPSA) is 29.3 Å². The Hall–Kier alpha value is -0.0800. The molecule has 0 aromatic rings. The minimum Gasteiger partial charge on any atom is -0.325 e. The normalized spacial score (nSPS) is 21.7. The first-order valence-corrected chi connectivity index (χ1v) is 7.48. The second kappa shape index (κ2) is 6.75. The van der Waals surface area contributed by atoms with Gasteiger partial charge in [-0.3, -0.25) is 0 Å². The van der Waals surface area contributed by atoms with Crippen molar-refractivity contribution in [2.45, 2.75) is 77.8 Å². The molecule has 1 saturated heterocycles. The van der Waals surface area contributed by atoms with Crippen LogP contribution in [-0.4, -0.2) is 29.6 Å². The fourth-order valence-electron chi connectivity index (χ4n) is 2.96. The van der Waals surface area contributed by atoms with Crippen molar-refractivity contribution in [1.29, 1.82) is 0 Å². The van der Waals surface area contributed by atoms with E-state index < -0.39 is 0 Å². The molecule has 0 radical (unpaired) electrons. The molecule has 0 spiro atoms. The Kier molecular flexibility index (Phi) is 5.94. The quantitative estimate of drug-likeness (QED) is 0.721. The number of likely N-dealkylation sites (tertiary alicyclic amines) is 1. The maximum atomic E-state index is 6.21. The molecule has 1 aliphatic rings. The summed E-state index contributed by atoms with van der Waals surface area (Å²) >= 11 is 0. The Morgan fingerprint density at radius 3 is 2.29 bits per heavy atom. The van der Waals surface area contributed by atoms with Crippen molar-refractivity contribution in [2.75, 3.05) is 13.1 Å². The van der Waals surface area contributed by atoms with Crippen LogP contribution in [0.4, 0.5) is 0 Å². The molecule has 1 heterocycles. The number of rotatable bonds is 6. The van der Waals surface area contributed by atoms with Crippen LogP contribution in [0.15, 0.2) is 0 Å². The number of nitrogens with zero attached hydrogens (tertiary/aromatic N) is 1. The van der Waals surface area contributed by atoms with Gasteiger partial charge in [0.25, 0.3) is 0 Å². The standard InChI is InChI=1S/C15H32N2/c1-5-6-7-8-13(2)17-11-9-14(10-12-17)15(3,4)16/h13-14H,5-12,16H2,1-4H3. The van der Waals surface area contributed by atoms with Gasteiger partial charge in [-0.05, 0) is 59.0 Å². The van der Waals surface area contributed by atoms with Gasteiger partial charge >= 0.3 is 0 Å². The average molecular weight is 240 g/mol. The number of nitrogens with two attached hydrogens (primary N) is 1. The van der Waals surface area contributed by atoms with E-state index in [0.717, 1.165) is 6.04 Å². The highest BCUT2D eigenvalue weighted by atomic mass is 15.2. The Labute approximate surface area is 108 Å². The minimum absolute atomic E-state index is 0.0114. The van der Waals surface area contributed by atoms with Crippen molar-refractivity contribution >= 4 is 0 Å². The third-order valence-electron chi connectivity index (χ3n) is 4.43. The molecule has 1 atom stereocenters. The molecule has 0 aromatic heterocycles. The third kappa shape index (κ3) is 4.97. The predicted octanol–water partition coefficient (Wildman–Crippen LogP) is 3.40. The highest BCUT2D eigenvalue weighted by molar-refractivity contribution is 4.87. The van der Waals surface area contributed by atoms with Crippen molar-refractivity contribution in [2.24, 2.45) is 11.7 Å². The summed E-state index contributed by atoms with van der Waals surface area (Å²) in [5.41, 5.74) is 6.22. The molecule has 0 amide bonds. The molecule has 1 fully saturated rings. The molecule has 17 heavy (non-hydrogen) atoms. The van der Waals surface area contributed by atoms with Crippen molar-refractivity contribution in [3.05, 3.63) is 0 Å². The summed E-state index contributed by atoms with van der Waals surface area (Å²) in [5, 5.41) is 0. The fraction of sp³-hybridized carbons (Fsp3) is 1.00. The van der Waals surface area contributed by atoms with Crippen LogP contribution in [0.2, 0.25) is 0 Å². The van der Waals surface area contributed by atoms with Gasteiger partial charge < -0.3 is 10.6 Å². The molecule has 0 aliphatic carbocycles. The van der Waals surface area contributed by atoms with Gasteiger partial charge in [0.2, 0.25) is 0 Å². The lowest BCUT2D eigenvalue weighted by Gasteiger charge is -2.41. The second-order valence-electron chi connectivity index (χ2n) is 6.48. The molecule has 2 N–H and O–H groups in total. The van der Waals surface area contributed by atoms with Crippen LogP contribution < -0.4 is 5.73 Å². The summed E-state index contributed by atoms with van der Waals surface area (Å²) in [5.74, 6) is 0.710. The molecule has 102 valence electrons. The van der Waals surface area contributed by atoms with Gasteiger partial charge in [-0.15, -0.1) is 0 Å². The fourth-order valence-corrected chi connectivity index (χ4v) is 2.96. The van der Waals surface area contributed by atoms with Gasteiger partial charge in [0.1, 0.15) is 0 Å². The zero-order chi connectivity index (χ0) is 12.9. The van der Waals surface area contributed by atoms with Gasteiger partial charge in [0.15, 0.2) is 0 Å². The molecule has 1 unspecified atom stereocenters. The lowest BCUT2D eigenvalue weighted by molar-refractivity contribution is 0.106. The summed E-state index contributed by atoms with van der Waals surface area (Å²) in [6.45, 7) is 11.5. The molecular formula is C15H32N2. The SMILES string of the molecule is CCCCCC(C)N1CCC(C(C)(C)N)CC1.